The molecular weight excluding hydrogens is 344 g/mol. The van der Waals surface area contributed by atoms with Crippen LogP contribution in [-0.4, -0.2) is 46.7 Å². The quantitative estimate of drug-likeness (QED) is 0.790. The normalized spacial score (nSPS) is 11.2. The van der Waals surface area contributed by atoms with Crippen LogP contribution in [0.15, 0.2) is 29.2 Å². The first kappa shape index (κ1) is 18.9. The Bertz CT molecular complexity index is 853. The third-order valence-electron chi connectivity index (χ3n) is 3.43. The molecule has 0 amide bonds. The molecule has 0 spiro atoms. The van der Waals surface area contributed by atoms with Crippen molar-refractivity contribution in [3.05, 3.63) is 35.8 Å². The number of rotatable bonds is 7. The molecule has 0 aliphatic heterocycles. The average Bonchev–Trinajstić information content (AvgIpc) is 2.59. The van der Waals surface area contributed by atoms with Crippen LogP contribution in [0, 0.1) is 6.92 Å². The van der Waals surface area contributed by atoms with Crippen molar-refractivity contribution in [1.82, 2.24) is 14.7 Å². The summed E-state index contributed by atoms with van der Waals surface area (Å²) in [5.74, 6) is 1.74. The number of benzene rings is 1. The minimum atomic E-state index is -3.83. The van der Waals surface area contributed by atoms with E-state index in [0.717, 1.165) is 5.69 Å². The maximum atomic E-state index is 12.6. The van der Waals surface area contributed by atoms with E-state index in [1.807, 2.05) is 32.0 Å². The minimum Gasteiger partial charge on any atom is -0.497 e. The summed E-state index contributed by atoms with van der Waals surface area (Å²) in [6.07, 6.45) is 0. The maximum absolute atomic E-state index is 12.6. The van der Waals surface area contributed by atoms with Crippen LogP contribution < -0.4 is 19.1 Å². The summed E-state index contributed by atoms with van der Waals surface area (Å²) >= 11 is 0. The molecule has 136 valence electrons. The third kappa shape index (κ3) is 4.58. The summed E-state index contributed by atoms with van der Waals surface area (Å²) < 4.78 is 38.0. The van der Waals surface area contributed by atoms with Crippen molar-refractivity contribution in [1.29, 1.82) is 0 Å². The van der Waals surface area contributed by atoms with E-state index in [2.05, 4.69) is 14.7 Å². The molecule has 2 rings (SSSR count). The number of aromatic nitrogens is 2. The predicted octanol–water partition coefficient (Wildman–Crippen LogP) is 1.35. The molecule has 0 fully saturated rings. The summed E-state index contributed by atoms with van der Waals surface area (Å²) in [5, 5.41) is 0. The SMILES string of the molecule is COc1ccc(OC)c(S(=O)(=O)NCc2nc(C)cc(N(C)C)n2)c1. The lowest BCUT2D eigenvalue weighted by Crippen LogP contribution is -2.25. The molecule has 25 heavy (non-hydrogen) atoms. The maximum Gasteiger partial charge on any atom is 0.244 e. The van der Waals surface area contributed by atoms with Gasteiger partial charge in [0.1, 0.15) is 28.0 Å². The number of aryl methyl sites for hydroxylation is 1. The van der Waals surface area contributed by atoms with Crippen LogP contribution in [0.2, 0.25) is 0 Å². The van der Waals surface area contributed by atoms with Gasteiger partial charge in [0.05, 0.1) is 20.8 Å². The van der Waals surface area contributed by atoms with Gasteiger partial charge in [-0.3, -0.25) is 0 Å². The molecule has 8 nitrogen and oxygen atoms in total. The Morgan fingerprint density at radius 2 is 1.84 bits per heavy atom. The first-order chi connectivity index (χ1) is 11.8. The van der Waals surface area contributed by atoms with Gasteiger partial charge >= 0.3 is 0 Å². The largest absolute Gasteiger partial charge is 0.497 e. The fraction of sp³-hybridized carbons (Fsp3) is 0.375. The molecule has 1 aromatic heterocycles. The van der Waals surface area contributed by atoms with Gasteiger partial charge < -0.3 is 14.4 Å². The van der Waals surface area contributed by atoms with E-state index in [1.54, 1.807) is 12.1 Å². The van der Waals surface area contributed by atoms with E-state index in [0.29, 0.717) is 17.4 Å². The van der Waals surface area contributed by atoms with Crippen molar-refractivity contribution in [3.8, 4) is 11.5 Å². The summed E-state index contributed by atoms with van der Waals surface area (Å²) in [6.45, 7) is 1.79. The number of methoxy groups -OCH3 is 2. The summed E-state index contributed by atoms with van der Waals surface area (Å²) in [6, 6.07) is 6.40. The number of nitrogens with one attached hydrogen (secondary N) is 1. The van der Waals surface area contributed by atoms with Crippen LogP contribution in [0.4, 0.5) is 5.82 Å². The molecule has 0 atom stereocenters. The van der Waals surface area contributed by atoms with Crippen LogP contribution in [0.1, 0.15) is 11.5 Å². The standard InChI is InChI=1S/C16H22N4O4S/c1-11-8-16(20(2)3)19-15(18-11)10-17-25(21,22)14-9-12(23-4)6-7-13(14)24-5/h6-9,17H,10H2,1-5H3. The van der Waals surface area contributed by atoms with Gasteiger partial charge in [0.2, 0.25) is 10.0 Å². The van der Waals surface area contributed by atoms with Gasteiger partial charge in [0.15, 0.2) is 0 Å². The van der Waals surface area contributed by atoms with E-state index >= 15 is 0 Å². The van der Waals surface area contributed by atoms with Crippen molar-refractivity contribution in [2.75, 3.05) is 33.2 Å². The van der Waals surface area contributed by atoms with Crippen LogP contribution in [0.3, 0.4) is 0 Å². The summed E-state index contributed by atoms with van der Waals surface area (Å²) in [5.41, 5.74) is 0.756. The molecule has 1 N–H and O–H groups in total. The zero-order valence-electron chi connectivity index (χ0n) is 14.9. The fourth-order valence-electron chi connectivity index (χ4n) is 2.15. The molecule has 0 saturated heterocycles. The first-order valence-corrected chi connectivity index (χ1v) is 8.98. The van der Waals surface area contributed by atoms with Crippen LogP contribution in [0.5, 0.6) is 11.5 Å². The highest BCUT2D eigenvalue weighted by Crippen LogP contribution is 2.28. The van der Waals surface area contributed by atoms with Gasteiger partial charge in [-0.2, -0.15) is 0 Å². The third-order valence-corrected chi connectivity index (χ3v) is 4.85. The summed E-state index contributed by atoms with van der Waals surface area (Å²) in [7, 11) is 2.77. The smallest absolute Gasteiger partial charge is 0.244 e. The van der Waals surface area contributed by atoms with Gasteiger partial charge in [-0.1, -0.05) is 0 Å². The monoisotopic (exact) mass is 366 g/mol. The molecule has 1 aromatic carbocycles. The lowest BCUT2D eigenvalue weighted by atomic mass is 10.3. The number of anilines is 1. The van der Waals surface area contributed by atoms with E-state index in [9.17, 15) is 8.42 Å². The fourth-order valence-corrected chi connectivity index (χ4v) is 3.31. The van der Waals surface area contributed by atoms with Gasteiger partial charge in [-0.15, -0.1) is 0 Å². The topological polar surface area (TPSA) is 93.6 Å². The minimum absolute atomic E-state index is 0.00478. The van der Waals surface area contributed by atoms with Crippen molar-refractivity contribution < 1.29 is 17.9 Å². The molecule has 1 heterocycles. The van der Waals surface area contributed by atoms with E-state index < -0.39 is 10.0 Å². The predicted molar refractivity (Wildman–Crippen MR) is 94.7 cm³/mol. The Hall–Kier alpha value is -2.39. The van der Waals surface area contributed by atoms with Gasteiger partial charge in [-0.05, 0) is 19.1 Å². The second-order valence-electron chi connectivity index (χ2n) is 5.52. The Morgan fingerprint density at radius 3 is 2.44 bits per heavy atom. The first-order valence-electron chi connectivity index (χ1n) is 7.50. The van der Waals surface area contributed by atoms with Crippen molar-refractivity contribution in [2.24, 2.45) is 0 Å². The average molecular weight is 366 g/mol. The Kier molecular flexibility index (Phi) is 5.81. The molecule has 0 unspecified atom stereocenters. The Morgan fingerprint density at radius 1 is 1.12 bits per heavy atom. The molecule has 0 radical (unpaired) electrons. The number of hydrogen-bond acceptors (Lipinski definition) is 7. The van der Waals surface area contributed by atoms with E-state index in [4.69, 9.17) is 9.47 Å². The zero-order valence-corrected chi connectivity index (χ0v) is 15.7. The van der Waals surface area contributed by atoms with Crippen LogP contribution >= 0.6 is 0 Å². The van der Waals surface area contributed by atoms with Gasteiger partial charge in [0, 0.05) is 31.9 Å². The number of ether oxygens (including phenoxy) is 2. The van der Waals surface area contributed by atoms with E-state index in [-0.39, 0.29) is 17.2 Å². The molecule has 0 saturated carbocycles. The van der Waals surface area contributed by atoms with Gasteiger partial charge in [0.25, 0.3) is 0 Å². The highest BCUT2D eigenvalue weighted by atomic mass is 32.2. The molecule has 0 bridgehead atoms. The number of sulfonamides is 1. The lowest BCUT2D eigenvalue weighted by Gasteiger charge is -2.14. The molecule has 9 heteroatoms. The number of hydrogen-bond donors (Lipinski definition) is 1. The lowest BCUT2D eigenvalue weighted by molar-refractivity contribution is 0.392. The Balaban J connectivity index is 2.28. The highest BCUT2D eigenvalue weighted by Gasteiger charge is 2.21. The van der Waals surface area contributed by atoms with Crippen molar-refractivity contribution in [3.63, 3.8) is 0 Å². The van der Waals surface area contributed by atoms with Gasteiger partial charge in [-0.25, -0.2) is 23.1 Å². The molecule has 2 aromatic rings. The summed E-state index contributed by atoms with van der Waals surface area (Å²) in [4.78, 5) is 10.4. The van der Waals surface area contributed by atoms with Crippen molar-refractivity contribution in [2.45, 2.75) is 18.4 Å². The second-order valence-corrected chi connectivity index (χ2v) is 7.25. The van der Waals surface area contributed by atoms with Crippen molar-refractivity contribution >= 4 is 15.8 Å². The molecular formula is C16H22N4O4S. The number of nitrogens with zero attached hydrogens (tertiary/aromatic N) is 3. The zero-order chi connectivity index (χ0) is 18.6. The van der Waals surface area contributed by atoms with E-state index in [1.165, 1.54) is 20.3 Å². The second kappa shape index (κ2) is 7.66. The molecule has 0 aliphatic rings. The molecule has 0 aliphatic carbocycles. The van der Waals surface area contributed by atoms with Crippen LogP contribution in [-0.2, 0) is 16.6 Å². The van der Waals surface area contributed by atoms with Crippen LogP contribution in [0.25, 0.3) is 0 Å². The highest BCUT2D eigenvalue weighted by molar-refractivity contribution is 7.89. The Labute approximate surface area is 147 Å².